The molecule has 0 spiro atoms. The summed E-state index contributed by atoms with van der Waals surface area (Å²) in [5.41, 5.74) is 0.877. The van der Waals surface area contributed by atoms with Gasteiger partial charge in [0.2, 0.25) is 0 Å². The van der Waals surface area contributed by atoms with Crippen LogP contribution < -0.4 is 5.56 Å². The van der Waals surface area contributed by atoms with Crippen molar-refractivity contribution in [1.82, 2.24) is 9.97 Å². The van der Waals surface area contributed by atoms with Crippen molar-refractivity contribution in [2.24, 2.45) is 0 Å². The minimum absolute atomic E-state index is 0.0359. The molecule has 0 unspecified atom stereocenters. The number of pyridine rings is 2. The number of aromatic hydroxyl groups is 1. The number of halogens is 3. The number of nitrogens with zero attached hydrogens (tertiary/aromatic N) is 1. The van der Waals surface area contributed by atoms with Crippen LogP contribution in [0, 0.1) is 6.92 Å². The second kappa shape index (κ2) is 5.93. The first kappa shape index (κ1) is 15.3. The van der Waals surface area contributed by atoms with E-state index in [1.54, 1.807) is 12.1 Å². The number of fused-ring (bicyclic) bond motifs is 1. The lowest BCUT2D eigenvalue weighted by molar-refractivity contribution is 0.480. The van der Waals surface area contributed by atoms with Crippen molar-refractivity contribution < 1.29 is 9.67 Å². The first-order valence-electron chi connectivity index (χ1n) is 4.55. The number of hydrogen-bond acceptors (Lipinski definition) is 4. The highest BCUT2D eigenvalue weighted by Crippen LogP contribution is 2.61. The lowest BCUT2D eigenvalue weighted by atomic mass is 10.2. The fourth-order valence-corrected chi connectivity index (χ4v) is 1.21. The summed E-state index contributed by atoms with van der Waals surface area (Å²) in [6.07, 6.45) is 0. The SMILES string of the molecule is Cc1ccc2c(O)cc(=O)[nH]c2n1.O=P(Cl)(Cl)Cl. The zero-order valence-electron chi connectivity index (χ0n) is 9.02. The van der Waals surface area contributed by atoms with Crippen LogP contribution in [0.1, 0.15) is 5.69 Å². The Labute approximate surface area is 116 Å². The Hall–Kier alpha value is -0.740. The number of H-pyrrole nitrogens is 1. The van der Waals surface area contributed by atoms with Crippen LogP contribution in [0.25, 0.3) is 11.0 Å². The summed E-state index contributed by atoms with van der Waals surface area (Å²) in [6.45, 7) is 1.82. The molecule has 0 fully saturated rings. The lowest BCUT2D eigenvalue weighted by Gasteiger charge is -1.99. The Bertz CT molecular complexity index is 659. The molecule has 5 nitrogen and oxygen atoms in total. The van der Waals surface area contributed by atoms with E-state index in [1.165, 1.54) is 0 Å². The van der Waals surface area contributed by atoms with Gasteiger partial charge in [-0.15, -0.1) is 0 Å². The molecule has 0 bridgehead atoms. The smallest absolute Gasteiger partial charge is 0.339 e. The van der Waals surface area contributed by atoms with Crippen LogP contribution in [0.5, 0.6) is 5.75 Å². The quantitative estimate of drug-likeness (QED) is 0.721. The molecule has 2 heterocycles. The molecular formula is C9H8Cl3N2O3P. The minimum atomic E-state index is -3.22. The van der Waals surface area contributed by atoms with E-state index in [2.05, 4.69) is 43.7 Å². The Morgan fingerprint density at radius 1 is 1.33 bits per heavy atom. The third kappa shape index (κ3) is 5.27. The van der Waals surface area contributed by atoms with Crippen molar-refractivity contribution in [3.8, 4) is 5.75 Å². The molecule has 0 radical (unpaired) electrons. The average molecular weight is 330 g/mol. The summed E-state index contributed by atoms with van der Waals surface area (Å²) in [5.74, 6) is -0.0359. The molecule has 0 aliphatic carbocycles. The van der Waals surface area contributed by atoms with Crippen molar-refractivity contribution in [2.45, 2.75) is 6.92 Å². The van der Waals surface area contributed by atoms with E-state index in [0.717, 1.165) is 11.8 Å². The Balaban J connectivity index is 0.000000280. The van der Waals surface area contributed by atoms with Crippen LogP contribution in [-0.2, 0) is 4.57 Å². The molecule has 2 rings (SSSR count). The van der Waals surface area contributed by atoms with Crippen LogP contribution in [0.15, 0.2) is 23.0 Å². The number of aryl methyl sites for hydroxylation is 1. The second-order valence-corrected chi connectivity index (χ2v) is 9.91. The second-order valence-electron chi connectivity index (χ2n) is 3.27. The van der Waals surface area contributed by atoms with Gasteiger partial charge in [0.15, 0.2) is 0 Å². The van der Waals surface area contributed by atoms with E-state index < -0.39 is 5.20 Å². The Kier molecular flexibility index (Phi) is 5.05. The van der Waals surface area contributed by atoms with Crippen LogP contribution in [0.2, 0.25) is 0 Å². The molecule has 18 heavy (non-hydrogen) atoms. The van der Waals surface area contributed by atoms with Crippen LogP contribution in [0.4, 0.5) is 0 Å². The van der Waals surface area contributed by atoms with Gasteiger partial charge in [-0.05, 0) is 52.8 Å². The van der Waals surface area contributed by atoms with Gasteiger partial charge in [-0.1, -0.05) is 0 Å². The maximum Gasteiger partial charge on any atom is 0.339 e. The number of rotatable bonds is 0. The minimum Gasteiger partial charge on any atom is -0.507 e. The van der Waals surface area contributed by atoms with Gasteiger partial charge in [-0.2, -0.15) is 0 Å². The van der Waals surface area contributed by atoms with E-state index >= 15 is 0 Å². The summed E-state index contributed by atoms with van der Waals surface area (Å²) in [6, 6.07) is 4.64. The normalized spacial score (nSPS) is 10.9. The molecule has 0 atom stereocenters. The molecule has 0 aliphatic heterocycles. The first-order chi connectivity index (χ1) is 8.16. The van der Waals surface area contributed by atoms with E-state index in [4.69, 9.17) is 0 Å². The van der Waals surface area contributed by atoms with Crippen molar-refractivity contribution in [2.75, 3.05) is 0 Å². The van der Waals surface area contributed by atoms with Gasteiger partial charge in [-0.3, -0.25) is 9.36 Å². The fraction of sp³-hybridized carbons (Fsp3) is 0.111. The summed E-state index contributed by atoms with van der Waals surface area (Å²) in [5, 5.41) is 6.72. The van der Waals surface area contributed by atoms with Gasteiger partial charge in [0.25, 0.3) is 5.56 Å². The van der Waals surface area contributed by atoms with E-state index in [-0.39, 0.29) is 11.3 Å². The molecule has 2 aromatic heterocycles. The standard InChI is InChI=1S/C9H8N2O2.Cl3OP/c1-5-2-3-6-7(12)4-8(13)11-9(6)10-5;1-5(2,3)4/h2-4H,1H3,(H2,10,11,12,13);. The summed E-state index contributed by atoms with van der Waals surface area (Å²) in [7, 11) is 0. The van der Waals surface area contributed by atoms with Gasteiger partial charge in [0, 0.05) is 11.8 Å². The molecule has 98 valence electrons. The van der Waals surface area contributed by atoms with E-state index in [0.29, 0.717) is 11.0 Å². The van der Waals surface area contributed by atoms with Crippen molar-refractivity contribution in [1.29, 1.82) is 0 Å². The lowest BCUT2D eigenvalue weighted by Crippen LogP contribution is -2.04. The Morgan fingerprint density at radius 2 is 1.89 bits per heavy atom. The van der Waals surface area contributed by atoms with Crippen molar-refractivity contribution in [3.63, 3.8) is 0 Å². The highest BCUT2D eigenvalue weighted by Gasteiger charge is 2.03. The van der Waals surface area contributed by atoms with Gasteiger partial charge in [0.05, 0.1) is 5.39 Å². The molecular weight excluding hydrogens is 321 g/mol. The molecule has 0 aliphatic rings. The molecule has 0 aromatic carbocycles. The largest absolute Gasteiger partial charge is 0.507 e. The first-order valence-corrected chi connectivity index (χ1v) is 8.97. The third-order valence-electron chi connectivity index (χ3n) is 1.82. The fourth-order valence-electron chi connectivity index (χ4n) is 1.21. The monoisotopic (exact) mass is 328 g/mol. The highest BCUT2D eigenvalue weighted by atomic mass is 36.0. The molecule has 2 aromatic rings. The third-order valence-corrected chi connectivity index (χ3v) is 1.82. The van der Waals surface area contributed by atoms with Crippen LogP contribution in [0.3, 0.4) is 0 Å². The summed E-state index contributed by atoms with van der Waals surface area (Å²) in [4.78, 5) is 17.6. The maximum atomic E-state index is 11.0. The number of aromatic amines is 1. The van der Waals surface area contributed by atoms with Gasteiger partial charge in [0.1, 0.15) is 11.4 Å². The molecule has 0 amide bonds. The summed E-state index contributed by atoms with van der Waals surface area (Å²) < 4.78 is 9.51. The summed E-state index contributed by atoms with van der Waals surface area (Å²) >= 11 is 13.8. The topological polar surface area (TPSA) is 83.0 Å². The predicted octanol–water partition coefficient (Wildman–Crippen LogP) is 3.75. The number of nitrogens with one attached hydrogen (secondary N) is 1. The molecule has 0 saturated carbocycles. The van der Waals surface area contributed by atoms with Gasteiger partial charge in [-0.25, -0.2) is 4.98 Å². The zero-order chi connectivity index (χ0) is 13.9. The average Bonchev–Trinajstić information content (AvgIpc) is 2.13. The molecule has 2 N–H and O–H groups in total. The van der Waals surface area contributed by atoms with Gasteiger partial charge < -0.3 is 10.1 Å². The van der Waals surface area contributed by atoms with E-state index in [1.807, 2.05) is 6.92 Å². The zero-order valence-corrected chi connectivity index (χ0v) is 12.2. The van der Waals surface area contributed by atoms with Crippen molar-refractivity contribution >= 4 is 50.0 Å². The maximum absolute atomic E-state index is 11.0. The number of aromatic nitrogens is 2. The Morgan fingerprint density at radius 3 is 2.44 bits per heavy atom. The highest BCUT2D eigenvalue weighted by molar-refractivity contribution is 8.24. The van der Waals surface area contributed by atoms with E-state index in [9.17, 15) is 14.5 Å². The van der Waals surface area contributed by atoms with Gasteiger partial charge >= 0.3 is 5.20 Å². The van der Waals surface area contributed by atoms with Crippen LogP contribution in [-0.4, -0.2) is 15.1 Å². The molecule has 0 saturated heterocycles. The van der Waals surface area contributed by atoms with Crippen LogP contribution >= 0.6 is 38.9 Å². The number of hydrogen-bond donors (Lipinski definition) is 2. The molecule has 9 heteroatoms. The van der Waals surface area contributed by atoms with Crippen molar-refractivity contribution in [3.05, 3.63) is 34.2 Å². The predicted molar refractivity (Wildman–Crippen MR) is 73.9 cm³/mol.